The highest BCUT2D eigenvalue weighted by atomic mass is 19.3. The number of benzene rings is 1. The number of carbonyl (C=O) groups is 1. The van der Waals surface area contributed by atoms with Crippen LogP contribution in [0.3, 0.4) is 0 Å². The minimum atomic E-state index is -2.82. The van der Waals surface area contributed by atoms with Crippen molar-refractivity contribution in [3.05, 3.63) is 36.0 Å². The highest BCUT2D eigenvalue weighted by Gasteiger charge is 2.45. The third-order valence-electron chi connectivity index (χ3n) is 4.19. The van der Waals surface area contributed by atoms with E-state index in [1.54, 1.807) is 0 Å². The van der Waals surface area contributed by atoms with Crippen LogP contribution in [-0.4, -0.2) is 23.4 Å². The highest BCUT2D eigenvalue weighted by Crippen LogP contribution is 2.42. The average Bonchev–Trinajstić information content (AvgIpc) is 2.85. The molecule has 0 radical (unpaired) electrons. The zero-order chi connectivity index (χ0) is 14.2. The Bertz CT molecular complexity index is 623. The van der Waals surface area contributed by atoms with Crippen LogP contribution in [0.5, 0.6) is 0 Å². The second kappa shape index (κ2) is 4.89. The minimum absolute atomic E-state index is 0.0447. The lowest BCUT2D eigenvalue weighted by Crippen LogP contribution is -2.48. The summed E-state index contributed by atoms with van der Waals surface area (Å²) < 4.78 is 27.5. The van der Waals surface area contributed by atoms with Crippen LogP contribution in [-0.2, 0) is 4.79 Å². The van der Waals surface area contributed by atoms with Crippen molar-refractivity contribution in [2.45, 2.75) is 37.1 Å². The number of nitrogens with one attached hydrogen (secondary N) is 2. The van der Waals surface area contributed by atoms with Crippen LogP contribution >= 0.6 is 0 Å². The van der Waals surface area contributed by atoms with E-state index in [4.69, 9.17) is 0 Å². The van der Waals surface area contributed by atoms with Gasteiger partial charge in [-0.3, -0.25) is 4.79 Å². The molecule has 2 atom stereocenters. The molecule has 0 saturated heterocycles. The number of alkyl halides is 2. The fourth-order valence-electron chi connectivity index (χ4n) is 3.10. The van der Waals surface area contributed by atoms with Crippen LogP contribution in [0.4, 0.5) is 8.78 Å². The number of para-hydroxylation sites is 1. The fraction of sp³-hybridized carbons (Fsp3) is 0.400. The van der Waals surface area contributed by atoms with Crippen LogP contribution in [0.1, 0.15) is 30.7 Å². The lowest BCUT2D eigenvalue weighted by molar-refractivity contribution is -0.116. The molecule has 3 rings (SSSR count). The number of hydrogen-bond donors (Lipinski definition) is 2. The molecule has 106 valence electrons. The van der Waals surface area contributed by atoms with Crippen LogP contribution in [0, 0.1) is 0 Å². The molecule has 2 N–H and O–H groups in total. The van der Waals surface area contributed by atoms with Gasteiger partial charge in [-0.25, -0.2) is 8.78 Å². The third kappa shape index (κ3) is 2.17. The Labute approximate surface area is 115 Å². The van der Waals surface area contributed by atoms with E-state index in [9.17, 15) is 13.6 Å². The largest absolute Gasteiger partial charge is 0.361 e. The van der Waals surface area contributed by atoms with Gasteiger partial charge >= 0.3 is 0 Å². The number of H-pyrrole nitrogens is 1. The molecule has 1 heterocycles. The van der Waals surface area contributed by atoms with Gasteiger partial charge in [0.25, 0.3) is 5.92 Å². The zero-order valence-corrected chi connectivity index (χ0v) is 10.9. The van der Waals surface area contributed by atoms with Gasteiger partial charge in [-0.15, -0.1) is 0 Å². The van der Waals surface area contributed by atoms with Crippen LogP contribution < -0.4 is 5.32 Å². The Balaban J connectivity index is 1.89. The summed E-state index contributed by atoms with van der Waals surface area (Å²) in [5.41, 5.74) is 2.08. The summed E-state index contributed by atoms with van der Waals surface area (Å²) in [4.78, 5) is 13.7. The second-order valence-corrected chi connectivity index (χ2v) is 5.36. The van der Waals surface area contributed by atoms with E-state index in [2.05, 4.69) is 10.3 Å². The van der Waals surface area contributed by atoms with Gasteiger partial charge < -0.3 is 10.3 Å². The molecule has 1 fully saturated rings. The smallest absolute Gasteiger partial charge is 0.267 e. The molecule has 1 aliphatic carbocycles. The number of hydrogen-bond acceptors (Lipinski definition) is 1. The maximum absolute atomic E-state index is 13.8. The third-order valence-corrected chi connectivity index (χ3v) is 4.19. The van der Waals surface area contributed by atoms with E-state index in [1.807, 2.05) is 30.5 Å². The number of fused-ring (bicyclic) bond motifs is 1. The van der Waals surface area contributed by atoms with Crippen molar-refractivity contribution in [1.82, 2.24) is 10.3 Å². The predicted molar refractivity (Wildman–Crippen MR) is 72.8 cm³/mol. The molecule has 0 bridgehead atoms. The van der Waals surface area contributed by atoms with E-state index in [0.717, 1.165) is 16.5 Å². The summed E-state index contributed by atoms with van der Waals surface area (Å²) in [7, 11) is 0. The molecular formula is C15H16F2N2O. The van der Waals surface area contributed by atoms with Gasteiger partial charge in [-0.05, 0) is 30.4 Å². The summed E-state index contributed by atoms with van der Waals surface area (Å²) in [5.74, 6) is -2.77. The molecule has 1 amide bonds. The van der Waals surface area contributed by atoms with E-state index in [1.165, 1.54) is 0 Å². The maximum atomic E-state index is 13.8. The van der Waals surface area contributed by atoms with Crippen molar-refractivity contribution in [2.75, 3.05) is 0 Å². The van der Waals surface area contributed by atoms with Gasteiger partial charge in [0.05, 0.1) is 6.04 Å². The quantitative estimate of drug-likeness (QED) is 0.832. The first-order valence-electron chi connectivity index (χ1n) is 6.75. The number of aromatic nitrogens is 1. The Hall–Kier alpha value is -1.91. The Morgan fingerprint density at radius 1 is 1.35 bits per heavy atom. The second-order valence-electron chi connectivity index (χ2n) is 5.36. The molecule has 1 saturated carbocycles. The summed E-state index contributed by atoms with van der Waals surface area (Å²) >= 11 is 0. The molecule has 2 aromatic rings. The van der Waals surface area contributed by atoms with Crippen LogP contribution in [0.2, 0.25) is 0 Å². The SMILES string of the molecule is O=CNC1CC(c2c[nH]c3ccccc23)CCC1(F)F. The van der Waals surface area contributed by atoms with Crippen molar-refractivity contribution in [3.63, 3.8) is 0 Å². The number of halogens is 2. The molecule has 1 aliphatic rings. The lowest BCUT2D eigenvalue weighted by Gasteiger charge is -2.35. The first-order valence-corrected chi connectivity index (χ1v) is 6.75. The number of rotatable bonds is 3. The predicted octanol–water partition coefficient (Wildman–Crippen LogP) is 3.19. The lowest BCUT2D eigenvalue weighted by atomic mass is 9.79. The molecule has 0 spiro atoms. The summed E-state index contributed by atoms with van der Waals surface area (Å²) in [6.07, 6.45) is 2.79. The topological polar surface area (TPSA) is 44.9 Å². The molecule has 1 aromatic heterocycles. The summed E-state index contributed by atoms with van der Waals surface area (Å²) in [6.45, 7) is 0. The molecule has 0 aliphatic heterocycles. The minimum Gasteiger partial charge on any atom is -0.361 e. The van der Waals surface area contributed by atoms with Gasteiger partial charge in [0, 0.05) is 23.5 Å². The van der Waals surface area contributed by atoms with Gasteiger partial charge in [0.15, 0.2) is 0 Å². The van der Waals surface area contributed by atoms with E-state index in [0.29, 0.717) is 12.8 Å². The molecule has 5 heteroatoms. The molecular weight excluding hydrogens is 262 g/mol. The van der Waals surface area contributed by atoms with Gasteiger partial charge in [-0.1, -0.05) is 18.2 Å². The summed E-state index contributed by atoms with van der Waals surface area (Å²) in [6, 6.07) is 6.77. The maximum Gasteiger partial charge on any atom is 0.267 e. The van der Waals surface area contributed by atoms with Gasteiger partial charge in [0.1, 0.15) is 0 Å². The first kappa shape index (κ1) is 13.1. The first-order chi connectivity index (χ1) is 9.62. The van der Waals surface area contributed by atoms with Crippen molar-refractivity contribution in [2.24, 2.45) is 0 Å². The Kier molecular flexibility index (Phi) is 3.20. The zero-order valence-electron chi connectivity index (χ0n) is 10.9. The van der Waals surface area contributed by atoms with Crippen molar-refractivity contribution < 1.29 is 13.6 Å². The van der Waals surface area contributed by atoms with Crippen LogP contribution in [0.15, 0.2) is 30.5 Å². The van der Waals surface area contributed by atoms with Gasteiger partial charge in [-0.2, -0.15) is 0 Å². The van der Waals surface area contributed by atoms with E-state index in [-0.39, 0.29) is 18.8 Å². The normalized spacial score (nSPS) is 25.5. The molecule has 20 heavy (non-hydrogen) atoms. The Morgan fingerprint density at radius 2 is 2.15 bits per heavy atom. The van der Waals surface area contributed by atoms with Crippen molar-refractivity contribution >= 4 is 17.3 Å². The number of aromatic amines is 1. The van der Waals surface area contributed by atoms with E-state index >= 15 is 0 Å². The number of amides is 1. The van der Waals surface area contributed by atoms with Crippen molar-refractivity contribution in [1.29, 1.82) is 0 Å². The molecule has 2 unspecified atom stereocenters. The monoisotopic (exact) mass is 278 g/mol. The number of carbonyl (C=O) groups excluding carboxylic acids is 1. The van der Waals surface area contributed by atoms with E-state index < -0.39 is 12.0 Å². The average molecular weight is 278 g/mol. The highest BCUT2D eigenvalue weighted by molar-refractivity contribution is 5.83. The fourth-order valence-corrected chi connectivity index (χ4v) is 3.10. The molecule has 1 aromatic carbocycles. The molecule has 3 nitrogen and oxygen atoms in total. The van der Waals surface area contributed by atoms with Crippen molar-refractivity contribution in [3.8, 4) is 0 Å². The van der Waals surface area contributed by atoms with Crippen LogP contribution in [0.25, 0.3) is 10.9 Å². The van der Waals surface area contributed by atoms with Gasteiger partial charge in [0.2, 0.25) is 6.41 Å². The summed E-state index contributed by atoms with van der Waals surface area (Å²) in [5, 5.41) is 3.35. The standard InChI is InChI=1S/C15H16F2N2O/c16-15(17)6-5-10(7-14(15)19-9-20)12-8-18-13-4-2-1-3-11(12)13/h1-4,8-10,14,18H,5-7H2,(H,19,20). The Morgan fingerprint density at radius 3 is 2.95 bits per heavy atom.